The lowest BCUT2D eigenvalue weighted by Gasteiger charge is -2.25. The van der Waals surface area contributed by atoms with Crippen LogP contribution in [0.3, 0.4) is 0 Å². The minimum absolute atomic E-state index is 0.190. The lowest BCUT2D eigenvalue weighted by molar-refractivity contribution is 0.958. The van der Waals surface area contributed by atoms with Gasteiger partial charge in [-0.2, -0.15) is 0 Å². The molecule has 0 radical (unpaired) electrons. The lowest BCUT2D eigenvalue weighted by atomic mass is 10.5. The largest absolute Gasteiger partial charge is 0.106 e. The molecule has 0 aromatic rings. The Morgan fingerprint density at radius 3 is 1.64 bits per heavy atom. The lowest BCUT2D eigenvalue weighted by Crippen LogP contribution is -2.10. The highest BCUT2D eigenvalue weighted by Gasteiger charge is 2.24. The van der Waals surface area contributed by atoms with E-state index in [1.54, 1.807) is 56.2 Å². The first kappa shape index (κ1) is 8.46. The van der Waals surface area contributed by atoms with Crippen LogP contribution in [0.4, 0.5) is 0 Å². The van der Waals surface area contributed by atoms with E-state index < -0.39 is 0 Å². The third kappa shape index (κ3) is 2.40. The zero-order valence-electron chi connectivity index (χ0n) is 7.31. The summed E-state index contributed by atoms with van der Waals surface area (Å²) in [5, 5.41) is 0. The molecule has 3 heterocycles. The first-order valence-corrected chi connectivity index (χ1v) is 9.03. The van der Waals surface area contributed by atoms with Crippen molar-refractivity contribution >= 4 is 15.8 Å². The quantitative estimate of drug-likeness (QED) is 0.514. The minimum Gasteiger partial charge on any atom is -0.106 e. The molecule has 64 valence electrons. The number of hydrogen-bond donors (Lipinski definition) is 0. The van der Waals surface area contributed by atoms with Crippen molar-refractivity contribution < 1.29 is 0 Å². The van der Waals surface area contributed by atoms with Crippen LogP contribution in [0.1, 0.15) is 19.3 Å². The Kier molecular flexibility index (Phi) is 3.23. The van der Waals surface area contributed by atoms with Gasteiger partial charge >= 0.3 is 0 Å². The molecule has 0 aromatic carbocycles. The second-order valence-corrected chi connectivity index (χ2v) is 9.59. The molecule has 0 amide bonds. The normalized spacial score (nSPS) is 39.3. The van der Waals surface area contributed by atoms with E-state index in [0.29, 0.717) is 7.92 Å². The van der Waals surface area contributed by atoms with Crippen molar-refractivity contribution in [2.24, 2.45) is 0 Å². The van der Waals surface area contributed by atoms with Crippen LogP contribution in [0, 0.1) is 0 Å². The predicted molar refractivity (Wildman–Crippen MR) is 58.3 cm³/mol. The molecular weight excluding hydrogens is 170 g/mol. The molecule has 0 aliphatic carbocycles. The van der Waals surface area contributed by atoms with Gasteiger partial charge in [0.25, 0.3) is 0 Å². The number of fused-ring (bicyclic) bond motifs is 6. The molecule has 3 saturated heterocycles. The standard InChI is InChI=1S/C9H18P2/c1-4-10-6-2-7-11(5-1)9-3-8-10/h1-9H2/p+1. The molecule has 2 heteroatoms. The molecule has 3 rings (SSSR count). The monoisotopic (exact) mass is 189 g/mol. The summed E-state index contributed by atoms with van der Waals surface area (Å²) in [6, 6.07) is 0. The van der Waals surface area contributed by atoms with Gasteiger partial charge in [0.1, 0.15) is 0 Å². The maximum absolute atomic E-state index is 1.67. The van der Waals surface area contributed by atoms with Crippen LogP contribution < -0.4 is 0 Å². The highest BCUT2D eigenvalue weighted by molar-refractivity contribution is 7.60. The van der Waals surface area contributed by atoms with E-state index in [4.69, 9.17) is 0 Å². The van der Waals surface area contributed by atoms with Gasteiger partial charge in [0.15, 0.2) is 0 Å². The number of hydrogen-bond acceptors (Lipinski definition) is 0. The zero-order chi connectivity index (χ0) is 7.52. The van der Waals surface area contributed by atoms with Gasteiger partial charge < -0.3 is 0 Å². The Bertz CT molecular complexity index is 89.0. The Morgan fingerprint density at radius 2 is 1.18 bits per heavy atom. The molecule has 2 bridgehead atoms. The van der Waals surface area contributed by atoms with Crippen LogP contribution in [-0.4, -0.2) is 37.0 Å². The fourth-order valence-electron chi connectivity index (χ4n) is 2.37. The molecule has 0 nitrogen and oxygen atoms in total. The summed E-state index contributed by atoms with van der Waals surface area (Å²) in [5.41, 5.74) is 0. The molecule has 11 heavy (non-hydrogen) atoms. The van der Waals surface area contributed by atoms with Crippen molar-refractivity contribution in [1.29, 1.82) is 0 Å². The van der Waals surface area contributed by atoms with Gasteiger partial charge in [-0.3, -0.25) is 0 Å². The first-order chi connectivity index (χ1) is 5.45. The summed E-state index contributed by atoms with van der Waals surface area (Å²) >= 11 is 0. The minimum atomic E-state index is 0.190. The van der Waals surface area contributed by atoms with Crippen molar-refractivity contribution in [2.45, 2.75) is 19.3 Å². The highest BCUT2D eigenvalue weighted by atomic mass is 31.1. The summed E-state index contributed by atoms with van der Waals surface area (Å²) in [7, 11) is 0.729. The van der Waals surface area contributed by atoms with E-state index in [1.165, 1.54) is 0 Å². The average molecular weight is 189 g/mol. The third-order valence-corrected chi connectivity index (χ3v) is 9.04. The van der Waals surface area contributed by atoms with E-state index >= 15 is 0 Å². The van der Waals surface area contributed by atoms with Crippen LogP contribution in [-0.2, 0) is 0 Å². The van der Waals surface area contributed by atoms with Crippen molar-refractivity contribution in [2.75, 3.05) is 37.0 Å². The summed E-state index contributed by atoms with van der Waals surface area (Å²) in [6.45, 7) is 0. The van der Waals surface area contributed by atoms with Crippen LogP contribution in [0.15, 0.2) is 0 Å². The van der Waals surface area contributed by atoms with Crippen LogP contribution in [0.5, 0.6) is 0 Å². The van der Waals surface area contributed by atoms with E-state index in [1.807, 2.05) is 0 Å². The Hall–Kier alpha value is 0.860. The average Bonchev–Trinajstić information content (AvgIpc) is 1.80. The fourth-order valence-corrected chi connectivity index (χ4v) is 8.53. The second-order valence-electron chi connectivity index (χ2n) is 3.90. The Morgan fingerprint density at radius 1 is 0.727 bits per heavy atom. The predicted octanol–water partition coefficient (Wildman–Crippen LogP) is 2.88. The van der Waals surface area contributed by atoms with E-state index in [-0.39, 0.29) is 7.92 Å². The number of rotatable bonds is 0. The molecule has 0 N–H and O–H groups in total. The first-order valence-electron chi connectivity index (χ1n) is 5.01. The smallest absolute Gasteiger partial charge is 0.0575 e. The molecule has 0 aromatic heterocycles. The highest BCUT2D eigenvalue weighted by Crippen LogP contribution is 2.50. The SMILES string of the molecule is C1CP2CCC[PH+](C1)CCC2. The Labute approximate surface area is 72.6 Å². The van der Waals surface area contributed by atoms with E-state index in [2.05, 4.69) is 0 Å². The van der Waals surface area contributed by atoms with Crippen LogP contribution in [0.25, 0.3) is 0 Å². The molecule has 0 saturated carbocycles. The van der Waals surface area contributed by atoms with Gasteiger partial charge in [0, 0.05) is 7.92 Å². The van der Waals surface area contributed by atoms with Gasteiger partial charge in [0.05, 0.1) is 18.5 Å². The van der Waals surface area contributed by atoms with Crippen molar-refractivity contribution in [3.05, 3.63) is 0 Å². The van der Waals surface area contributed by atoms with E-state index in [0.717, 1.165) is 0 Å². The van der Waals surface area contributed by atoms with Crippen molar-refractivity contribution in [3.63, 3.8) is 0 Å². The van der Waals surface area contributed by atoms with Gasteiger partial charge in [-0.05, 0) is 37.7 Å². The molecule has 3 fully saturated rings. The maximum atomic E-state index is 1.67. The molecule has 3 aliphatic rings. The fraction of sp³-hybridized carbons (Fsp3) is 1.00. The summed E-state index contributed by atoms with van der Waals surface area (Å²) in [6.07, 6.45) is 14.8. The van der Waals surface area contributed by atoms with Gasteiger partial charge in [-0.15, -0.1) is 7.92 Å². The van der Waals surface area contributed by atoms with Crippen molar-refractivity contribution in [3.8, 4) is 0 Å². The van der Waals surface area contributed by atoms with Gasteiger partial charge in [-0.25, -0.2) is 0 Å². The summed E-state index contributed by atoms with van der Waals surface area (Å²) in [4.78, 5) is 0. The van der Waals surface area contributed by atoms with Gasteiger partial charge in [0.2, 0.25) is 0 Å². The molecule has 0 unspecified atom stereocenters. The second kappa shape index (κ2) is 4.20. The molecule has 0 atom stereocenters. The van der Waals surface area contributed by atoms with Crippen molar-refractivity contribution in [1.82, 2.24) is 0 Å². The maximum Gasteiger partial charge on any atom is 0.0575 e. The Balaban J connectivity index is 1.96. The summed E-state index contributed by atoms with van der Waals surface area (Å²) in [5.74, 6) is 0. The van der Waals surface area contributed by atoms with Crippen LogP contribution in [0.2, 0.25) is 0 Å². The molecule has 0 spiro atoms. The zero-order valence-corrected chi connectivity index (χ0v) is 9.21. The third-order valence-electron chi connectivity index (χ3n) is 3.01. The van der Waals surface area contributed by atoms with E-state index in [9.17, 15) is 0 Å². The van der Waals surface area contributed by atoms with Gasteiger partial charge in [-0.1, -0.05) is 0 Å². The molecular formula is C9H19P2+. The molecule has 3 aliphatic heterocycles. The topological polar surface area (TPSA) is 0 Å². The summed E-state index contributed by atoms with van der Waals surface area (Å²) < 4.78 is 0. The van der Waals surface area contributed by atoms with Crippen LogP contribution >= 0.6 is 15.8 Å².